The molecule has 9 heteroatoms. The van der Waals surface area contributed by atoms with E-state index in [-0.39, 0.29) is 23.5 Å². The third kappa shape index (κ3) is 4.24. The second-order valence-corrected chi connectivity index (χ2v) is 10.5. The maximum atomic E-state index is 13.3. The van der Waals surface area contributed by atoms with E-state index < -0.39 is 5.91 Å². The number of thiophene rings is 1. The highest BCUT2D eigenvalue weighted by Gasteiger charge is 2.37. The van der Waals surface area contributed by atoms with Crippen LogP contribution in [0.15, 0.2) is 66.0 Å². The molecule has 2 aromatic carbocycles. The van der Waals surface area contributed by atoms with Gasteiger partial charge in [-0.15, -0.1) is 23.1 Å². The van der Waals surface area contributed by atoms with Crippen molar-refractivity contribution in [2.75, 3.05) is 17.2 Å². The van der Waals surface area contributed by atoms with E-state index in [4.69, 9.17) is 22.4 Å². The molecule has 2 aromatic heterocycles. The van der Waals surface area contributed by atoms with Gasteiger partial charge in [-0.1, -0.05) is 47.5 Å². The van der Waals surface area contributed by atoms with Crippen LogP contribution in [0, 0.1) is 6.92 Å². The van der Waals surface area contributed by atoms with E-state index in [1.165, 1.54) is 16.7 Å². The number of anilines is 1. The molecule has 1 aliphatic rings. The van der Waals surface area contributed by atoms with Crippen molar-refractivity contribution >= 4 is 52.3 Å². The number of aromatic nitrogens is 2. The van der Waals surface area contributed by atoms with Crippen LogP contribution >= 0.6 is 34.7 Å². The fraction of sp³-hybridized carbons (Fsp3) is 0.160. The standard InChI is InChI=1S/C25H21ClN4O2S2/c1-15-7-9-18(10-8-15)30-25-22(23(28-30)19-6-3-11-33-19)24(16-4-2-5-17(26)12-16)34-14-21(32)29(25)13-20(27)31/h2-12,24H,13-14H2,1H3,(H2,27,31)/t24-/m1/s1. The molecular weight excluding hydrogens is 488 g/mol. The normalized spacial score (nSPS) is 15.8. The lowest BCUT2D eigenvalue weighted by Crippen LogP contribution is -2.40. The van der Waals surface area contributed by atoms with Crippen molar-refractivity contribution in [1.82, 2.24) is 9.78 Å². The second kappa shape index (κ2) is 9.29. The summed E-state index contributed by atoms with van der Waals surface area (Å²) >= 11 is 9.42. The van der Waals surface area contributed by atoms with Gasteiger partial charge in [0, 0.05) is 10.6 Å². The molecule has 2 amide bonds. The number of amides is 2. The van der Waals surface area contributed by atoms with Gasteiger partial charge in [0.1, 0.15) is 18.1 Å². The minimum absolute atomic E-state index is 0.191. The van der Waals surface area contributed by atoms with E-state index in [1.807, 2.05) is 73.0 Å². The summed E-state index contributed by atoms with van der Waals surface area (Å²) in [5.41, 5.74) is 10.1. The minimum atomic E-state index is -0.583. The molecule has 172 valence electrons. The van der Waals surface area contributed by atoms with Gasteiger partial charge in [-0.2, -0.15) is 5.10 Å². The van der Waals surface area contributed by atoms with Crippen molar-refractivity contribution in [3.05, 3.63) is 87.8 Å². The van der Waals surface area contributed by atoms with Crippen LogP contribution in [-0.2, 0) is 9.59 Å². The number of fused-ring (bicyclic) bond motifs is 1. The van der Waals surface area contributed by atoms with Crippen molar-refractivity contribution in [1.29, 1.82) is 0 Å². The molecule has 0 fully saturated rings. The first-order valence-electron chi connectivity index (χ1n) is 10.6. The van der Waals surface area contributed by atoms with E-state index in [1.54, 1.807) is 16.0 Å². The molecule has 5 rings (SSSR count). The van der Waals surface area contributed by atoms with Gasteiger partial charge >= 0.3 is 0 Å². The zero-order valence-electron chi connectivity index (χ0n) is 18.3. The number of rotatable bonds is 5. The number of hydrogen-bond acceptors (Lipinski definition) is 5. The number of thioether (sulfide) groups is 1. The zero-order valence-corrected chi connectivity index (χ0v) is 20.7. The summed E-state index contributed by atoms with van der Waals surface area (Å²) in [5.74, 6) is -0.0249. The number of nitrogens with zero attached hydrogens (tertiary/aromatic N) is 3. The van der Waals surface area contributed by atoms with E-state index in [0.717, 1.165) is 32.9 Å². The smallest absolute Gasteiger partial charge is 0.238 e. The SMILES string of the molecule is Cc1ccc(-n2nc(-c3cccs3)c3c2N(CC(N)=O)C(=O)CS[C@@H]3c2cccc(Cl)c2)cc1. The van der Waals surface area contributed by atoms with Crippen molar-refractivity contribution < 1.29 is 9.59 Å². The molecule has 0 saturated heterocycles. The quantitative estimate of drug-likeness (QED) is 0.401. The first-order chi connectivity index (χ1) is 16.4. The summed E-state index contributed by atoms with van der Waals surface area (Å²) in [4.78, 5) is 27.8. The Morgan fingerprint density at radius 3 is 2.65 bits per heavy atom. The molecule has 0 saturated carbocycles. The van der Waals surface area contributed by atoms with Crippen LogP contribution in [0.5, 0.6) is 0 Å². The van der Waals surface area contributed by atoms with Gasteiger partial charge in [0.25, 0.3) is 0 Å². The lowest BCUT2D eigenvalue weighted by atomic mass is 10.0. The van der Waals surface area contributed by atoms with E-state index >= 15 is 0 Å². The van der Waals surface area contributed by atoms with Gasteiger partial charge < -0.3 is 5.73 Å². The zero-order chi connectivity index (χ0) is 23.8. The van der Waals surface area contributed by atoms with Crippen LogP contribution in [0.4, 0.5) is 5.82 Å². The topological polar surface area (TPSA) is 81.2 Å². The number of carbonyl (C=O) groups is 2. The van der Waals surface area contributed by atoms with Crippen molar-refractivity contribution in [3.8, 4) is 16.3 Å². The van der Waals surface area contributed by atoms with Gasteiger partial charge in [-0.05, 0) is 48.2 Å². The first-order valence-corrected chi connectivity index (χ1v) is 12.9. The maximum absolute atomic E-state index is 13.3. The Morgan fingerprint density at radius 1 is 1.18 bits per heavy atom. The third-order valence-electron chi connectivity index (χ3n) is 5.59. The highest BCUT2D eigenvalue weighted by atomic mass is 35.5. The molecule has 3 heterocycles. The number of benzene rings is 2. The molecule has 0 unspecified atom stereocenters. The number of aryl methyl sites for hydroxylation is 1. The fourth-order valence-electron chi connectivity index (χ4n) is 4.07. The Hall–Kier alpha value is -3.07. The van der Waals surface area contributed by atoms with Crippen LogP contribution in [0.1, 0.15) is 21.9 Å². The number of hydrogen-bond donors (Lipinski definition) is 1. The molecule has 34 heavy (non-hydrogen) atoms. The van der Waals surface area contributed by atoms with Crippen LogP contribution in [-0.4, -0.2) is 33.9 Å². The van der Waals surface area contributed by atoms with E-state index in [9.17, 15) is 9.59 Å². The van der Waals surface area contributed by atoms with Crippen molar-refractivity contribution in [2.24, 2.45) is 5.73 Å². The summed E-state index contributed by atoms with van der Waals surface area (Å²) in [6, 6.07) is 19.5. The summed E-state index contributed by atoms with van der Waals surface area (Å²) in [6.45, 7) is 1.79. The third-order valence-corrected chi connectivity index (χ3v) is 7.95. The average molecular weight is 509 g/mol. The number of nitrogens with two attached hydrogens (primary N) is 1. The molecule has 0 bridgehead atoms. The molecule has 1 aliphatic heterocycles. The van der Waals surface area contributed by atoms with Gasteiger partial charge in [0.05, 0.1) is 21.6 Å². The van der Waals surface area contributed by atoms with Gasteiger partial charge in [0.2, 0.25) is 11.8 Å². The molecule has 2 N–H and O–H groups in total. The Bertz CT molecular complexity index is 1370. The molecule has 0 radical (unpaired) electrons. The molecule has 0 aliphatic carbocycles. The summed E-state index contributed by atoms with van der Waals surface area (Å²) in [5, 5.41) is 7.40. The number of carbonyl (C=O) groups excluding carboxylic acids is 2. The minimum Gasteiger partial charge on any atom is -0.368 e. The predicted molar refractivity (Wildman–Crippen MR) is 139 cm³/mol. The van der Waals surface area contributed by atoms with Crippen LogP contribution in [0.3, 0.4) is 0 Å². The maximum Gasteiger partial charge on any atom is 0.238 e. The van der Waals surface area contributed by atoms with Gasteiger partial charge in [0.15, 0.2) is 0 Å². The summed E-state index contributed by atoms with van der Waals surface area (Å²) in [6.07, 6.45) is 0. The Balaban J connectivity index is 1.84. The molecular formula is C25H21ClN4O2S2. The Labute approximate surface area is 210 Å². The lowest BCUT2D eigenvalue weighted by molar-refractivity contribution is -0.121. The second-order valence-electron chi connectivity index (χ2n) is 8.00. The monoisotopic (exact) mass is 508 g/mol. The lowest BCUT2D eigenvalue weighted by Gasteiger charge is -2.22. The average Bonchev–Trinajstić information content (AvgIpc) is 3.44. The highest BCUT2D eigenvalue weighted by Crippen LogP contribution is 2.49. The predicted octanol–water partition coefficient (Wildman–Crippen LogP) is 5.22. The van der Waals surface area contributed by atoms with Gasteiger partial charge in [-0.3, -0.25) is 14.5 Å². The largest absolute Gasteiger partial charge is 0.368 e. The van der Waals surface area contributed by atoms with Gasteiger partial charge in [-0.25, -0.2) is 4.68 Å². The van der Waals surface area contributed by atoms with Crippen LogP contribution in [0.2, 0.25) is 5.02 Å². The molecule has 4 aromatic rings. The Morgan fingerprint density at radius 2 is 1.97 bits per heavy atom. The molecule has 0 spiro atoms. The summed E-state index contributed by atoms with van der Waals surface area (Å²) in [7, 11) is 0. The highest BCUT2D eigenvalue weighted by molar-refractivity contribution is 8.00. The first kappa shape index (κ1) is 22.7. The van der Waals surface area contributed by atoms with Crippen molar-refractivity contribution in [2.45, 2.75) is 12.2 Å². The molecule has 1 atom stereocenters. The Kier molecular flexibility index (Phi) is 6.20. The number of halogens is 1. The van der Waals surface area contributed by atoms with Crippen molar-refractivity contribution in [3.63, 3.8) is 0 Å². The van der Waals surface area contributed by atoms with Crippen LogP contribution < -0.4 is 10.6 Å². The summed E-state index contributed by atoms with van der Waals surface area (Å²) < 4.78 is 1.76. The van der Waals surface area contributed by atoms with E-state index in [0.29, 0.717) is 10.8 Å². The number of primary amides is 1. The van der Waals surface area contributed by atoms with Crippen LogP contribution in [0.25, 0.3) is 16.3 Å². The molecule has 6 nitrogen and oxygen atoms in total. The fourth-order valence-corrected chi connectivity index (χ4v) is 6.18. The van der Waals surface area contributed by atoms with E-state index in [2.05, 4.69) is 0 Å².